The van der Waals surface area contributed by atoms with E-state index in [9.17, 15) is 4.79 Å². The number of carboxylic acid groups (broad SMARTS) is 1. The maximum Gasteiger partial charge on any atom is 0.339 e. The predicted octanol–water partition coefficient (Wildman–Crippen LogP) is 2.54. The fourth-order valence-corrected chi connectivity index (χ4v) is 1.86. The van der Waals surface area contributed by atoms with Crippen molar-refractivity contribution in [3.05, 3.63) is 40.7 Å². The number of benzene rings is 1. The summed E-state index contributed by atoms with van der Waals surface area (Å²) < 4.78 is 6.71. The van der Waals surface area contributed by atoms with Crippen LogP contribution in [0.3, 0.4) is 0 Å². The van der Waals surface area contributed by atoms with Crippen LogP contribution in [0.15, 0.2) is 24.4 Å². The zero-order valence-corrected chi connectivity index (χ0v) is 10.6. The van der Waals surface area contributed by atoms with Gasteiger partial charge in [-0.2, -0.15) is 5.10 Å². The van der Waals surface area contributed by atoms with Gasteiger partial charge < -0.3 is 9.84 Å². The van der Waals surface area contributed by atoms with E-state index in [1.165, 1.54) is 18.0 Å². The summed E-state index contributed by atoms with van der Waals surface area (Å²) in [5, 5.41) is 13.6. The minimum Gasteiger partial charge on any atom is -0.494 e. The Morgan fingerprint density at radius 2 is 2.22 bits per heavy atom. The minimum absolute atomic E-state index is 0.150. The molecule has 0 amide bonds. The first-order chi connectivity index (χ1) is 8.54. The molecule has 5 nitrogen and oxygen atoms in total. The van der Waals surface area contributed by atoms with Crippen molar-refractivity contribution in [1.29, 1.82) is 0 Å². The molecule has 1 N–H and O–H groups in total. The van der Waals surface area contributed by atoms with Crippen LogP contribution in [-0.4, -0.2) is 28.0 Å². The van der Waals surface area contributed by atoms with Gasteiger partial charge in [0.25, 0.3) is 0 Å². The fourth-order valence-electron chi connectivity index (χ4n) is 1.69. The van der Waals surface area contributed by atoms with Gasteiger partial charge in [0.05, 0.1) is 19.0 Å². The molecule has 0 unspecified atom stereocenters. The van der Waals surface area contributed by atoms with Crippen LogP contribution in [0, 0.1) is 6.92 Å². The van der Waals surface area contributed by atoms with Gasteiger partial charge in [-0.3, -0.25) is 0 Å². The number of carbonyl (C=O) groups is 1. The van der Waals surface area contributed by atoms with Crippen LogP contribution in [0.2, 0.25) is 5.02 Å². The SMILES string of the molecule is COc1ccc(Cl)cc1-n1ncc(C(=O)O)c1C. The second kappa shape index (κ2) is 4.70. The van der Waals surface area contributed by atoms with E-state index in [0.29, 0.717) is 22.2 Å². The van der Waals surface area contributed by atoms with E-state index < -0.39 is 5.97 Å². The van der Waals surface area contributed by atoms with E-state index in [4.69, 9.17) is 21.4 Å². The molecule has 2 aromatic rings. The normalized spacial score (nSPS) is 10.4. The molecule has 0 aliphatic rings. The Labute approximate surface area is 109 Å². The smallest absolute Gasteiger partial charge is 0.339 e. The Morgan fingerprint density at radius 1 is 1.50 bits per heavy atom. The second-order valence-corrected chi connectivity index (χ2v) is 4.11. The maximum absolute atomic E-state index is 11.0. The van der Waals surface area contributed by atoms with Crippen LogP contribution >= 0.6 is 11.6 Å². The van der Waals surface area contributed by atoms with Gasteiger partial charge >= 0.3 is 5.97 Å². The molecule has 1 aromatic heterocycles. The lowest BCUT2D eigenvalue weighted by molar-refractivity contribution is 0.0696. The molecule has 2 rings (SSSR count). The molecule has 0 aliphatic carbocycles. The highest BCUT2D eigenvalue weighted by molar-refractivity contribution is 6.30. The summed E-state index contributed by atoms with van der Waals surface area (Å²) in [4.78, 5) is 11.0. The maximum atomic E-state index is 11.0. The average Bonchev–Trinajstić information content (AvgIpc) is 2.71. The molecule has 6 heteroatoms. The van der Waals surface area contributed by atoms with E-state index in [2.05, 4.69) is 5.10 Å². The van der Waals surface area contributed by atoms with Crippen molar-refractivity contribution >= 4 is 17.6 Å². The third-order valence-corrected chi connectivity index (χ3v) is 2.84. The van der Waals surface area contributed by atoms with Crippen LogP contribution in [0.25, 0.3) is 5.69 Å². The molecule has 0 radical (unpaired) electrons. The molecule has 0 bridgehead atoms. The first kappa shape index (κ1) is 12.4. The lowest BCUT2D eigenvalue weighted by atomic mass is 10.2. The van der Waals surface area contributed by atoms with Crippen LogP contribution < -0.4 is 4.74 Å². The summed E-state index contributed by atoms with van der Waals surface area (Å²) in [6.07, 6.45) is 1.30. The van der Waals surface area contributed by atoms with Gasteiger partial charge in [0.15, 0.2) is 0 Å². The van der Waals surface area contributed by atoms with E-state index >= 15 is 0 Å². The summed E-state index contributed by atoms with van der Waals surface area (Å²) in [6, 6.07) is 5.08. The molecule has 18 heavy (non-hydrogen) atoms. The number of aromatic carboxylic acids is 1. The Bertz CT molecular complexity index is 607. The summed E-state index contributed by atoms with van der Waals surface area (Å²) in [7, 11) is 1.53. The van der Waals surface area contributed by atoms with Crippen molar-refractivity contribution in [1.82, 2.24) is 9.78 Å². The lowest BCUT2D eigenvalue weighted by Gasteiger charge is -2.10. The molecule has 0 aliphatic heterocycles. The molecule has 0 saturated carbocycles. The first-order valence-electron chi connectivity index (χ1n) is 5.16. The average molecular weight is 267 g/mol. The highest BCUT2D eigenvalue weighted by atomic mass is 35.5. The van der Waals surface area contributed by atoms with Crippen LogP contribution in [0.4, 0.5) is 0 Å². The Hall–Kier alpha value is -2.01. The van der Waals surface area contributed by atoms with Gasteiger partial charge in [-0.25, -0.2) is 9.48 Å². The zero-order chi connectivity index (χ0) is 13.3. The number of rotatable bonds is 3. The molecular formula is C12H11ClN2O3. The topological polar surface area (TPSA) is 64.4 Å². The van der Waals surface area contributed by atoms with Crippen molar-refractivity contribution in [2.75, 3.05) is 7.11 Å². The third-order valence-electron chi connectivity index (χ3n) is 2.61. The molecule has 0 atom stereocenters. The number of methoxy groups -OCH3 is 1. The number of aromatic nitrogens is 2. The first-order valence-corrected chi connectivity index (χ1v) is 5.54. The molecule has 0 fully saturated rings. The highest BCUT2D eigenvalue weighted by Gasteiger charge is 2.16. The molecule has 0 spiro atoms. The van der Waals surface area contributed by atoms with Gasteiger partial charge in [-0.15, -0.1) is 0 Å². The second-order valence-electron chi connectivity index (χ2n) is 3.68. The summed E-state index contributed by atoms with van der Waals surface area (Å²) in [5.41, 5.74) is 1.27. The lowest BCUT2D eigenvalue weighted by Crippen LogP contribution is -2.04. The van der Waals surface area contributed by atoms with Crippen molar-refractivity contribution in [2.24, 2.45) is 0 Å². The minimum atomic E-state index is -1.01. The summed E-state index contributed by atoms with van der Waals surface area (Å²) in [5.74, 6) is -0.442. The molecule has 1 aromatic carbocycles. The summed E-state index contributed by atoms with van der Waals surface area (Å²) >= 11 is 5.93. The van der Waals surface area contributed by atoms with Gasteiger partial charge in [0.2, 0.25) is 0 Å². The molecular weight excluding hydrogens is 256 g/mol. The molecule has 1 heterocycles. The van der Waals surface area contributed by atoms with Gasteiger partial charge in [0.1, 0.15) is 17.0 Å². The van der Waals surface area contributed by atoms with E-state index in [1.807, 2.05) is 0 Å². The van der Waals surface area contributed by atoms with E-state index in [0.717, 1.165) is 0 Å². The number of hydrogen-bond donors (Lipinski definition) is 1. The summed E-state index contributed by atoms with van der Waals surface area (Å²) in [6.45, 7) is 1.68. The Balaban J connectivity index is 2.61. The van der Waals surface area contributed by atoms with E-state index in [-0.39, 0.29) is 5.56 Å². The van der Waals surface area contributed by atoms with Gasteiger partial charge in [-0.05, 0) is 25.1 Å². The standard InChI is InChI=1S/C12H11ClN2O3/c1-7-9(12(16)17)6-14-15(7)10-5-8(13)3-4-11(10)18-2/h3-6H,1-2H3,(H,16,17). The number of carboxylic acids is 1. The van der Waals surface area contributed by atoms with Crippen LogP contribution in [-0.2, 0) is 0 Å². The van der Waals surface area contributed by atoms with Crippen molar-refractivity contribution in [3.8, 4) is 11.4 Å². The van der Waals surface area contributed by atoms with Crippen LogP contribution in [0.1, 0.15) is 16.1 Å². The number of hydrogen-bond acceptors (Lipinski definition) is 3. The Kier molecular flexibility index (Phi) is 3.25. The van der Waals surface area contributed by atoms with Crippen molar-refractivity contribution < 1.29 is 14.6 Å². The zero-order valence-electron chi connectivity index (χ0n) is 9.85. The largest absolute Gasteiger partial charge is 0.494 e. The van der Waals surface area contributed by atoms with E-state index in [1.54, 1.807) is 25.1 Å². The number of nitrogens with zero attached hydrogens (tertiary/aromatic N) is 2. The molecule has 0 saturated heterocycles. The number of ether oxygens (including phenoxy) is 1. The monoisotopic (exact) mass is 266 g/mol. The quantitative estimate of drug-likeness (QED) is 0.927. The van der Waals surface area contributed by atoms with Gasteiger partial charge in [-0.1, -0.05) is 11.6 Å². The van der Waals surface area contributed by atoms with Crippen molar-refractivity contribution in [2.45, 2.75) is 6.92 Å². The highest BCUT2D eigenvalue weighted by Crippen LogP contribution is 2.27. The predicted molar refractivity (Wildman–Crippen MR) is 66.8 cm³/mol. The third kappa shape index (κ3) is 2.04. The van der Waals surface area contributed by atoms with Crippen molar-refractivity contribution in [3.63, 3.8) is 0 Å². The molecule has 94 valence electrons. The van der Waals surface area contributed by atoms with Gasteiger partial charge in [0, 0.05) is 5.02 Å². The Morgan fingerprint density at radius 3 is 2.78 bits per heavy atom. The van der Waals surface area contributed by atoms with Crippen LogP contribution in [0.5, 0.6) is 5.75 Å². The fraction of sp³-hybridized carbons (Fsp3) is 0.167. The number of halogens is 1.